The second-order valence-electron chi connectivity index (χ2n) is 6.64. The third-order valence-corrected chi connectivity index (χ3v) is 5.82. The number of pyridine rings is 1. The van der Waals surface area contributed by atoms with Gasteiger partial charge in [0.2, 0.25) is 0 Å². The van der Waals surface area contributed by atoms with Gasteiger partial charge in [-0.25, -0.2) is 5.43 Å². The molecule has 3 aromatic rings. The molecule has 1 fully saturated rings. The lowest BCUT2D eigenvalue weighted by atomic mass is 10.1. The maximum atomic E-state index is 12.2. The van der Waals surface area contributed by atoms with Crippen LogP contribution in [0.15, 0.2) is 70.8 Å². The zero-order chi connectivity index (χ0) is 18.5. The largest absolute Gasteiger partial charge is 0.271 e. The minimum Gasteiger partial charge on any atom is -0.267 e. The molecule has 0 radical (unpaired) electrons. The lowest BCUT2D eigenvalue weighted by Crippen LogP contribution is -2.19. The van der Waals surface area contributed by atoms with Crippen molar-refractivity contribution < 1.29 is 4.79 Å². The average Bonchev–Trinajstić information content (AvgIpc) is 3.24. The van der Waals surface area contributed by atoms with E-state index in [1.165, 1.54) is 23.3 Å². The van der Waals surface area contributed by atoms with Gasteiger partial charge in [0.25, 0.3) is 5.91 Å². The number of benzene rings is 2. The zero-order valence-corrected chi connectivity index (χ0v) is 15.8. The molecule has 2 aromatic carbocycles. The second kappa shape index (κ2) is 8.35. The summed E-state index contributed by atoms with van der Waals surface area (Å²) in [6.07, 6.45) is 6.17. The molecule has 0 aliphatic heterocycles. The van der Waals surface area contributed by atoms with Crippen LogP contribution in [0.1, 0.15) is 41.6 Å². The van der Waals surface area contributed by atoms with Gasteiger partial charge < -0.3 is 0 Å². The van der Waals surface area contributed by atoms with Crippen LogP contribution in [0.25, 0.3) is 10.9 Å². The summed E-state index contributed by atoms with van der Waals surface area (Å²) in [4.78, 5) is 17.9. The fourth-order valence-electron chi connectivity index (χ4n) is 3.20. The SMILES string of the molecule is O=C(NN=C1CCCC1)c1ccc(CSc2cccc3cccnc23)cc1. The minimum atomic E-state index is -0.146. The molecule has 0 atom stereocenters. The summed E-state index contributed by atoms with van der Waals surface area (Å²) in [7, 11) is 0. The first-order chi connectivity index (χ1) is 13.3. The van der Waals surface area contributed by atoms with Crippen LogP contribution in [-0.2, 0) is 5.75 Å². The maximum Gasteiger partial charge on any atom is 0.271 e. The van der Waals surface area contributed by atoms with Crippen molar-refractivity contribution >= 4 is 34.3 Å². The van der Waals surface area contributed by atoms with E-state index in [-0.39, 0.29) is 5.91 Å². The highest BCUT2D eigenvalue weighted by Gasteiger charge is 2.10. The first-order valence-electron chi connectivity index (χ1n) is 9.21. The Hall–Kier alpha value is -2.66. The Balaban J connectivity index is 1.39. The average molecular weight is 375 g/mol. The smallest absolute Gasteiger partial charge is 0.267 e. The van der Waals surface area contributed by atoms with Gasteiger partial charge >= 0.3 is 0 Å². The molecule has 1 amide bonds. The van der Waals surface area contributed by atoms with Crippen LogP contribution in [0.5, 0.6) is 0 Å². The van der Waals surface area contributed by atoms with Crippen molar-refractivity contribution in [3.63, 3.8) is 0 Å². The van der Waals surface area contributed by atoms with Gasteiger partial charge in [-0.1, -0.05) is 30.3 Å². The standard InChI is InChI=1S/C22H21N3OS/c26-22(25-24-19-7-1-2-8-19)18-12-10-16(11-13-18)15-27-20-9-3-5-17-6-4-14-23-21(17)20/h3-6,9-14H,1-2,7-8,15H2,(H,25,26). The number of thioether (sulfide) groups is 1. The van der Waals surface area contributed by atoms with Crippen molar-refractivity contribution in [3.8, 4) is 0 Å². The Bertz CT molecular complexity index is 969. The number of hydrazone groups is 1. The molecular weight excluding hydrogens is 354 g/mol. The predicted molar refractivity (Wildman–Crippen MR) is 111 cm³/mol. The fraction of sp³-hybridized carbons (Fsp3) is 0.227. The van der Waals surface area contributed by atoms with Gasteiger partial charge in [0.1, 0.15) is 0 Å². The Morgan fingerprint density at radius 2 is 1.81 bits per heavy atom. The van der Waals surface area contributed by atoms with Gasteiger partial charge in [0, 0.05) is 33.5 Å². The zero-order valence-electron chi connectivity index (χ0n) is 15.0. The van der Waals surface area contributed by atoms with Crippen molar-refractivity contribution in [3.05, 3.63) is 71.9 Å². The van der Waals surface area contributed by atoms with Gasteiger partial charge in [-0.05, 0) is 55.5 Å². The highest BCUT2D eigenvalue weighted by Crippen LogP contribution is 2.28. The molecule has 136 valence electrons. The summed E-state index contributed by atoms with van der Waals surface area (Å²) >= 11 is 1.76. The van der Waals surface area contributed by atoms with E-state index in [1.807, 2.05) is 36.5 Å². The summed E-state index contributed by atoms with van der Waals surface area (Å²) in [6, 6.07) is 18.0. The first-order valence-corrected chi connectivity index (χ1v) is 10.2. The Kier molecular flexibility index (Phi) is 5.49. The monoisotopic (exact) mass is 375 g/mol. The summed E-state index contributed by atoms with van der Waals surface area (Å²) < 4.78 is 0. The number of carbonyl (C=O) groups excluding carboxylic acids is 1. The number of hydrogen-bond acceptors (Lipinski definition) is 4. The molecule has 1 aliphatic rings. The van der Waals surface area contributed by atoms with E-state index in [0.29, 0.717) is 5.56 Å². The number of rotatable bonds is 5. The van der Waals surface area contributed by atoms with Crippen molar-refractivity contribution in [2.75, 3.05) is 0 Å². The highest BCUT2D eigenvalue weighted by molar-refractivity contribution is 7.98. The Morgan fingerprint density at radius 1 is 1.04 bits per heavy atom. The normalized spacial score (nSPS) is 13.7. The second-order valence-corrected chi connectivity index (χ2v) is 7.66. The number of amides is 1. The number of hydrogen-bond donors (Lipinski definition) is 1. The Morgan fingerprint density at radius 3 is 2.63 bits per heavy atom. The van der Waals surface area contributed by atoms with E-state index in [4.69, 9.17) is 0 Å². The van der Waals surface area contributed by atoms with Crippen LogP contribution in [0.4, 0.5) is 0 Å². The van der Waals surface area contributed by atoms with Crippen LogP contribution in [-0.4, -0.2) is 16.6 Å². The molecule has 0 bridgehead atoms. The quantitative estimate of drug-likeness (QED) is 0.493. The molecule has 27 heavy (non-hydrogen) atoms. The lowest BCUT2D eigenvalue weighted by molar-refractivity contribution is 0.0954. The summed E-state index contributed by atoms with van der Waals surface area (Å²) in [5.41, 5.74) is 6.62. The molecular formula is C22H21N3OS. The number of carbonyl (C=O) groups is 1. The molecule has 4 nitrogen and oxygen atoms in total. The van der Waals surface area contributed by atoms with Gasteiger partial charge in [-0.3, -0.25) is 9.78 Å². The molecule has 1 aromatic heterocycles. The molecule has 1 aliphatic carbocycles. The van der Waals surface area contributed by atoms with E-state index in [0.717, 1.165) is 35.2 Å². The summed E-state index contributed by atoms with van der Waals surface area (Å²) in [5.74, 6) is 0.687. The minimum absolute atomic E-state index is 0.146. The maximum absolute atomic E-state index is 12.2. The molecule has 0 saturated heterocycles. The van der Waals surface area contributed by atoms with E-state index < -0.39 is 0 Å². The van der Waals surface area contributed by atoms with E-state index in [1.54, 1.807) is 11.8 Å². The van der Waals surface area contributed by atoms with Crippen molar-refractivity contribution in [1.29, 1.82) is 0 Å². The van der Waals surface area contributed by atoms with E-state index >= 15 is 0 Å². The van der Waals surface area contributed by atoms with Crippen LogP contribution >= 0.6 is 11.8 Å². The third-order valence-electron chi connectivity index (χ3n) is 4.70. The molecule has 1 N–H and O–H groups in total. The van der Waals surface area contributed by atoms with Crippen molar-refractivity contribution in [2.24, 2.45) is 5.10 Å². The number of nitrogens with zero attached hydrogens (tertiary/aromatic N) is 2. The fourth-order valence-corrected chi connectivity index (χ4v) is 4.19. The van der Waals surface area contributed by atoms with Gasteiger partial charge in [-0.15, -0.1) is 11.8 Å². The van der Waals surface area contributed by atoms with Crippen molar-refractivity contribution in [2.45, 2.75) is 36.3 Å². The van der Waals surface area contributed by atoms with Crippen molar-refractivity contribution in [1.82, 2.24) is 10.4 Å². The van der Waals surface area contributed by atoms with E-state index in [9.17, 15) is 4.79 Å². The molecule has 4 rings (SSSR count). The predicted octanol–water partition coefficient (Wildman–Crippen LogP) is 5.19. The molecule has 0 spiro atoms. The number of fused-ring (bicyclic) bond motifs is 1. The lowest BCUT2D eigenvalue weighted by Gasteiger charge is -2.06. The van der Waals surface area contributed by atoms with Crippen LogP contribution in [0.2, 0.25) is 0 Å². The summed E-state index contributed by atoms with van der Waals surface area (Å²) in [5, 5.41) is 5.38. The van der Waals surface area contributed by atoms with Crippen LogP contribution in [0.3, 0.4) is 0 Å². The summed E-state index contributed by atoms with van der Waals surface area (Å²) in [6.45, 7) is 0. The number of para-hydroxylation sites is 1. The molecule has 0 unspecified atom stereocenters. The van der Waals surface area contributed by atoms with E-state index in [2.05, 4.69) is 39.8 Å². The third kappa shape index (κ3) is 4.37. The topological polar surface area (TPSA) is 54.4 Å². The van der Waals surface area contributed by atoms with Gasteiger partial charge in [0.05, 0.1) is 5.52 Å². The molecule has 1 heterocycles. The number of aromatic nitrogens is 1. The van der Waals surface area contributed by atoms with Crippen LogP contribution in [0, 0.1) is 0 Å². The highest BCUT2D eigenvalue weighted by atomic mass is 32.2. The molecule has 1 saturated carbocycles. The van der Waals surface area contributed by atoms with Crippen LogP contribution < -0.4 is 5.43 Å². The number of nitrogens with one attached hydrogen (secondary N) is 1. The first kappa shape index (κ1) is 17.7. The van der Waals surface area contributed by atoms with Gasteiger partial charge in [-0.2, -0.15) is 5.10 Å². The molecule has 5 heteroatoms. The van der Waals surface area contributed by atoms with Gasteiger partial charge in [0.15, 0.2) is 0 Å². The Labute approximate surface area is 163 Å².